The predicted molar refractivity (Wildman–Crippen MR) is 131 cm³/mol. The molecular formula is C26H31N7O2. The molecule has 1 spiro atoms. The Bertz CT molecular complexity index is 1200. The number of carbonyl (C=O) groups excluding carboxylic acids is 1. The maximum atomic E-state index is 12.9. The smallest absolute Gasteiger partial charge is 0.410 e. The highest BCUT2D eigenvalue weighted by Gasteiger charge is 2.52. The van der Waals surface area contributed by atoms with Gasteiger partial charge in [-0.2, -0.15) is 5.26 Å². The average Bonchev–Trinajstić information content (AvgIpc) is 3.30. The standard InChI is InChI=1S/C26H31N7O2/c1-25(2,3)35-24(34)33-18-5-6-19(33)14-31(13-18)22-21-23(30-16-29-22)32(15-26(21)8-4-9-26)20-11-17(12-27)7-10-28-20/h7,10-11,16,18-19H,4-6,8-9,13-15H2,1-3H3. The van der Waals surface area contributed by atoms with Crippen LogP contribution in [0.25, 0.3) is 0 Å². The van der Waals surface area contributed by atoms with Crippen molar-refractivity contribution in [1.82, 2.24) is 19.9 Å². The number of carbonyl (C=O) groups is 1. The number of pyridine rings is 1. The molecule has 2 atom stereocenters. The van der Waals surface area contributed by atoms with Crippen LogP contribution in [0.4, 0.5) is 22.2 Å². The van der Waals surface area contributed by atoms with Gasteiger partial charge in [0, 0.05) is 36.8 Å². The predicted octanol–water partition coefficient (Wildman–Crippen LogP) is 3.90. The quantitative estimate of drug-likeness (QED) is 0.648. The Labute approximate surface area is 205 Å². The van der Waals surface area contributed by atoms with Gasteiger partial charge in [-0.3, -0.25) is 4.90 Å². The molecule has 1 amide bonds. The monoisotopic (exact) mass is 473 g/mol. The summed E-state index contributed by atoms with van der Waals surface area (Å²) in [4.78, 5) is 33.5. The third kappa shape index (κ3) is 3.58. The van der Waals surface area contributed by atoms with Crippen LogP contribution in [0.3, 0.4) is 0 Å². The Balaban J connectivity index is 1.33. The molecule has 2 saturated heterocycles. The number of nitriles is 1. The summed E-state index contributed by atoms with van der Waals surface area (Å²) in [5, 5.41) is 9.39. The van der Waals surface area contributed by atoms with Gasteiger partial charge in [-0.15, -0.1) is 0 Å². The van der Waals surface area contributed by atoms with E-state index in [2.05, 4.69) is 20.9 Å². The average molecular weight is 474 g/mol. The van der Waals surface area contributed by atoms with Crippen LogP contribution in [-0.2, 0) is 10.2 Å². The number of anilines is 3. The SMILES string of the molecule is CC(C)(C)OC(=O)N1C2CCC1CN(c1ncnc3c1C1(CCC1)CN3c1cc(C#N)ccn1)C2. The van der Waals surface area contributed by atoms with Gasteiger partial charge in [0.25, 0.3) is 0 Å². The van der Waals surface area contributed by atoms with Crippen LogP contribution in [0.2, 0.25) is 0 Å². The van der Waals surface area contributed by atoms with E-state index in [1.807, 2.05) is 31.7 Å². The van der Waals surface area contributed by atoms with Crippen LogP contribution in [0.5, 0.6) is 0 Å². The fourth-order valence-electron chi connectivity index (χ4n) is 6.27. The van der Waals surface area contributed by atoms with Crippen LogP contribution in [0.1, 0.15) is 64.0 Å². The number of amides is 1. The van der Waals surface area contributed by atoms with E-state index in [1.54, 1.807) is 18.6 Å². The third-order valence-electron chi connectivity index (χ3n) is 7.90. The van der Waals surface area contributed by atoms with Gasteiger partial charge in [0.2, 0.25) is 0 Å². The Hall–Kier alpha value is -3.41. The van der Waals surface area contributed by atoms with Crippen molar-refractivity contribution in [2.24, 2.45) is 0 Å². The number of hydrogen-bond donors (Lipinski definition) is 0. The fraction of sp³-hybridized carbons (Fsp3) is 0.577. The summed E-state index contributed by atoms with van der Waals surface area (Å²) < 4.78 is 5.72. The molecule has 9 nitrogen and oxygen atoms in total. The minimum Gasteiger partial charge on any atom is -0.444 e. The molecule has 9 heteroatoms. The number of nitrogens with zero attached hydrogens (tertiary/aromatic N) is 7. The van der Waals surface area contributed by atoms with E-state index >= 15 is 0 Å². The summed E-state index contributed by atoms with van der Waals surface area (Å²) in [5.41, 5.74) is 1.31. The molecule has 1 saturated carbocycles. The first-order chi connectivity index (χ1) is 16.8. The van der Waals surface area contributed by atoms with Crippen LogP contribution in [0.15, 0.2) is 24.7 Å². The molecule has 35 heavy (non-hydrogen) atoms. The van der Waals surface area contributed by atoms with E-state index in [0.717, 1.165) is 62.8 Å². The number of hydrogen-bond acceptors (Lipinski definition) is 8. The summed E-state index contributed by atoms with van der Waals surface area (Å²) in [6, 6.07) is 6.03. The minimum absolute atomic E-state index is 0.0115. The molecular weight excluding hydrogens is 442 g/mol. The molecule has 1 aliphatic carbocycles. The van der Waals surface area contributed by atoms with Crippen LogP contribution in [-0.4, -0.2) is 63.3 Å². The van der Waals surface area contributed by atoms with Crippen molar-refractivity contribution in [3.05, 3.63) is 35.8 Å². The van der Waals surface area contributed by atoms with Gasteiger partial charge in [-0.1, -0.05) is 6.42 Å². The third-order valence-corrected chi connectivity index (χ3v) is 7.90. The highest BCUT2D eigenvalue weighted by atomic mass is 16.6. The lowest BCUT2D eigenvalue weighted by Gasteiger charge is -2.44. The summed E-state index contributed by atoms with van der Waals surface area (Å²) in [6.45, 7) is 8.05. The molecule has 0 N–H and O–H groups in total. The van der Waals surface area contributed by atoms with Crippen molar-refractivity contribution in [2.45, 2.75) is 76.0 Å². The van der Waals surface area contributed by atoms with Crippen molar-refractivity contribution in [1.29, 1.82) is 5.26 Å². The van der Waals surface area contributed by atoms with Crippen LogP contribution < -0.4 is 9.80 Å². The minimum atomic E-state index is -0.502. The van der Waals surface area contributed by atoms with Gasteiger partial charge in [0.1, 0.15) is 29.4 Å². The van der Waals surface area contributed by atoms with Crippen molar-refractivity contribution in [2.75, 3.05) is 29.4 Å². The van der Waals surface area contributed by atoms with Crippen molar-refractivity contribution >= 4 is 23.5 Å². The van der Waals surface area contributed by atoms with E-state index in [-0.39, 0.29) is 23.6 Å². The number of rotatable bonds is 2. The highest BCUT2D eigenvalue weighted by molar-refractivity contribution is 5.75. The Morgan fingerprint density at radius 1 is 1.14 bits per heavy atom. The maximum absolute atomic E-state index is 12.9. The molecule has 5 heterocycles. The zero-order valence-electron chi connectivity index (χ0n) is 20.6. The van der Waals surface area contributed by atoms with Crippen molar-refractivity contribution in [3.63, 3.8) is 0 Å². The largest absolute Gasteiger partial charge is 0.444 e. The second kappa shape index (κ2) is 7.80. The fourth-order valence-corrected chi connectivity index (χ4v) is 6.27. The van der Waals surface area contributed by atoms with Gasteiger partial charge in [0.05, 0.1) is 23.7 Å². The molecule has 3 aliphatic heterocycles. The molecule has 3 fully saturated rings. The molecule has 2 aromatic heterocycles. The number of fused-ring (bicyclic) bond motifs is 4. The highest BCUT2D eigenvalue weighted by Crippen LogP contribution is 2.56. The molecule has 0 aromatic carbocycles. The Morgan fingerprint density at radius 3 is 2.49 bits per heavy atom. The summed E-state index contributed by atoms with van der Waals surface area (Å²) in [6.07, 6.45) is 8.47. The zero-order chi connectivity index (χ0) is 24.4. The first kappa shape index (κ1) is 22.1. The second-order valence-electron chi connectivity index (χ2n) is 11.3. The number of piperazine rings is 1. The lowest BCUT2D eigenvalue weighted by atomic mass is 9.66. The topological polar surface area (TPSA) is 98.5 Å². The summed E-state index contributed by atoms with van der Waals surface area (Å²) in [5.74, 6) is 2.65. The van der Waals surface area contributed by atoms with Crippen LogP contribution in [0, 0.1) is 11.3 Å². The van der Waals surface area contributed by atoms with Gasteiger partial charge < -0.3 is 14.5 Å². The summed E-state index contributed by atoms with van der Waals surface area (Å²) in [7, 11) is 0. The number of ether oxygens (including phenoxy) is 1. The van der Waals surface area contributed by atoms with Gasteiger partial charge in [0.15, 0.2) is 0 Å². The second-order valence-corrected chi connectivity index (χ2v) is 11.3. The number of aromatic nitrogens is 3. The van der Waals surface area contributed by atoms with E-state index < -0.39 is 5.60 Å². The zero-order valence-corrected chi connectivity index (χ0v) is 20.6. The van der Waals surface area contributed by atoms with E-state index in [1.165, 1.54) is 12.0 Å². The van der Waals surface area contributed by atoms with Gasteiger partial charge in [-0.05, 0) is 58.6 Å². The molecule has 2 bridgehead atoms. The first-order valence-electron chi connectivity index (χ1n) is 12.5. The molecule has 4 aliphatic rings. The molecule has 2 unspecified atom stereocenters. The Morgan fingerprint density at radius 2 is 1.86 bits per heavy atom. The first-order valence-corrected chi connectivity index (χ1v) is 12.5. The molecule has 0 radical (unpaired) electrons. The van der Waals surface area contributed by atoms with E-state index in [4.69, 9.17) is 14.7 Å². The van der Waals surface area contributed by atoms with Gasteiger partial charge >= 0.3 is 6.09 Å². The lowest BCUT2D eigenvalue weighted by Crippen LogP contribution is -2.57. The summed E-state index contributed by atoms with van der Waals surface area (Å²) >= 11 is 0. The molecule has 182 valence electrons. The maximum Gasteiger partial charge on any atom is 0.410 e. The molecule has 2 aromatic rings. The molecule has 6 rings (SSSR count). The lowest BCUT2D eigenvalue weighted by molar-refractivity contribution is 0.0122. The van der Waals surface area contributed by atoms with Crippen molar-refractivity contribution < 1.29 is 9.53 Å². The van der Waals surface area contributed by atoms with Crippen LogP contribution >= 0.6 is 0 Å². The van der Waals surface area contributed by atoms with E-state index in [9.17, 15) is 10.1 Å². The van der Waals surface area contributed by atoms with Gasteiger partial charge in [-0.25, -0.2) is 19.7 Å². The van der Waals surface area contributed by atoms with E-state index in [0.29, 0.717) is 5.56 Å². The normalized spacial score (nSPS) is 24.2. The van der Waals surface area contributed by atoms with Crippen molar-refractivity contribution in [3.8, 4) is 6.07 Å². The Kier molecular flexibility index (Phi) is 4.92.